The highest BCUT2D eigenvalue weighted by atomic mass is 19.1. The maximum Gasteiger partial charge on any atom is 0.318 e. The van der Waals surface area contributed by atoms with E-state index in [1.807, 2.05) is 0 Å². The van der Waals surface area contributed by atoms with Crippen LogP contribution >= 0.6 is 0 Å². The summed E-state index contributed by atoms with van der Waals surface area (Å²) in [5.74, 6) is 1.72. The molecule has 2 fully saturated rings. The van der Waals surface area contributed by atoms with Gasteiger partial charge in [-0.1, -0.05) is 12.0 Å². The maximum atomic E-state index is 16.1. The Morgan fingerprint density at radius 2 is 2.09 bits per heavy atom. The summed E-state index contributed by atoms with van der Waals surface area (Å²) < 4.78 is 41.7. The summed E-state index contributed by atoms with van der Waals surface area (Å²) in [5.41, 5.74) is 0.0130. The van der Waals surface area contributed by atoms with E-state index in [0.717, 1.165) is 13.0 Å². The monoisotopic (exact) mass is 474 g/mol. The van der Waals surface area contributed by atoms with Crippen LogP contribution in [0.2, 0.25) is 0 Å². The van der Waals surface area contributed by atoms with Crippen LogP contribution in [-0.2, 0) is 4.74 Å². The summed E-state index contributed by atoms with van der Waals surface area (Å²) in [6, 6.07) is 5.46. The first-order chi connectivity index (χ1) is 17.0. The lowest BCUT2D eigenvalue weighted by Gasteiger charge is -2.31. The third-order valence-corrected chi connectivity index (χ3v) is 6.64. The Bertz CT molecular complexity index is 1540. The van der Waals surface area contributed by atoms with Crippen molar-refractivity contribution in [3.63, 3.8) is 0 Å². The van der Waals surface area contributed by atoms with Gasteiger partial charge >= 0.3 is 6.01 Å². The Hall–Kier alpha value is -4.03. The van der Waals surface area contributed by atoms with E-state index in [-0.39, 0.29) is 45.6 Å². The first kappa shape index (κ1) is 21.5. The topological polar surface area (TPSA) is 80.6 Å². The molecule has 6 rings (SSSR count). The maximum absolute atomic E-state index is 16.1. The van der Waals surface area contributed by atoms with Crippen LogP contribution in [-0.4, -0.2) is 53.0 Å². The molecule has 35 heavy (non-hydrogen) atoms. The number of hydrogen-bond acceptors (Lipinski definition) is 7. The number of anilines is 1. The molecule has 4 aromatic rings. The average molecular weight is 474 g/mol. The zero-order chi connectivity index (χ0) is 24.3. The summed E-state index contributed by atoms with van der Waals surface area (Å²) in [6.45, 7) is 2.03. The molecule has 2 unspecified atom stereocenters. The van der Waals surface area contributed by atoms with Gasteiger partial charge in [-0.2, -0.15) is 9.97 Å². The largest absolute Gasteiger partial charge is 0.508 e. The van der Waals surface area contributed by atoms with Crippen LogP contribution in [0.1, 0.15) is 12.0 Å². The molecule has 7 nitrogen and oxygen atoms in total. The predicted octanol–water partition coefficient (Wildman–Crippen LogP) is 4.04. The number of halogens is 2. The number of phenolic OH excluding ortho intramolecular Hbond substituents is 1. The van der Waals surface area contributed by atoms with Crippen LogP contribution < -0.4 is 9.64 Å². The molecule has 2 aromatic carbocycles. The van der Waals surface area contributed by atoms with E-state index in [1.165, 1.54) is 37.6 Å². The molecule has 2 aromatic heterocycles. The first-order valence-electron chi connectivity index (χ1n) is 11.2. The number of benzene rings is 2. The first-order valence-corrected chi connectivity index (χ1v) is 11.2. The van der Waals surface area contributed by atoms with Crippen molar-refractivity contribution < 1.29 is 23.4 Å². The molecule has 2 saturated heterocycles. The number of hydrogen-bond donors (Lipinski definition) is 1. The van der Waals surface area contributed by atoms with Crippen LogP contribution in [0.4, 0.5) is 14.6 Å². The van der Waals surface area contributed by atoms with Crippen molar-refractivity contribution >= 4 is 27.5 Å². The molecule has 2 aliphatic rings. The minimum atomic E-state index is -0.750. The fourth-order valence-electron chi connectivity index (χ4n) is 5.13. The van der Waals surface area contributed by atoms with E-state index in [0.29, 0.717) is 35.7 Å². The number of fused-ring (bicyclic) bond motifs is 4. The predicted molar refractivity (Wildman–Crippen MR) is 126 cm³/mol. The molecule has 0 saturated carbocycles. The highest BCUT2D eigenvalue weighted by Crippen LogP contribution is 2.39. The molecule has 2 aliphatic heterocycles. The number of terminal acetylenes is 1. The van der Waals surface area contributed by atoms with Gasteiger partial charge in [-0.25, -0.2) is 8.78 Å². The Morgan fingerprint density at radius 3 is 2.86 bits per heavy atom. The van der Waals surface area contributed by atoms with Crippen LogP contribution in [0, 0.1) is 29.9 Å². The summed E-state index contributed by atoms with van der Waals surface area (Å²) in [5, 5.41) is 11.5. The second kappa shape index (κ2) is 8.03. The summed E-state index contributed by atoms with van der Waals surface area (Å²) in [6.07, 6.45) is 8.16. The zero-order valence-corrected chi connectivity index (χ0v) is 18.8. The fourth-order valence-corrected chi connectivity index (χ4v) is 5.13. The van der Waals surface area contributed by atoms with E-state index in [2.05, 4.69) is 25.8 Å². The van der Waals surface area contributed by atoms with Crippen LogP contribution in [0.3, 0.4) is 0 Å². The van der Waals surface area contributed by atoms with E-state index in [1.54, 1.807) is 0 Å². The molecular weight excluding hydrogens is 454 g/mol. The van der Waals surface area contributed by atoms with Crippen molar-refractivity contribution in [2.75, 3.05) is 31.7 Å². The van der Waals surface area contributed by atoms with Gasteiger partial charge in [0, 0.05) is 36.2 Å². The van der Waals surface area contributed by atoms with E-state index >= 15 is 4.39 Å². The van der Waals surface area contributed by atoms with Crippen molar-refractivity contribution in [2.24, 2.45) is 5.92 Å². The average Bonchev–Trinajstić information content (AvgIpc) is 3.20. The van der Waals surface area contributed by atoms with Gasteiger partial charge < -0.3 is 19.5 Å². The van der Waals surface area contributed by atoms with Crippen molar-refractivity contribution in [2.45, 2.75) is 12.5 Å². The molecule has 0 amide bonds. The number of aromatic nitrogens is 3. The van der Waals surface area contributed by atoms with Gasteiger partial charge in [-0.15, -0.1) is 6.42 Å². The number of aromatic hydroxyl groups is 1. The summed E-state index contributed by atoms with van der Waals surface area (Å²) in [7, 11) is 1.42. The van der Waals surface area contributed by atoms with Crippen molar-refractivity contribution in [3.05, 3.63) is 47.7 Å². The number of ether oxygens (including phenoxy) is 2. The van der Waals surface area contributed by atoms with Crippen molar-refractivity contribution in [3.8, 4) is 35.4 Å². The minimum absolute atomic E-state index is 0.00541. The molecule has 176 valence electrons. The van der Waals surface area contributed by atoms with E-state index in [9.17, 15) is 9.50 Å². The van der Waals surface area contributed by atoms with Gasteiger partial charge in [0.15, 0.2) is 5.82 Å². The van der Waals surface area contributed by atoms with E-state index < -0.39 is 11.6 Å². The van der Waals surface area contributed by atoms with Gasteiger partial charge in [0.1, 0.15) is 28.6 Å². The van der Waals surface area contributed by atoms with Gasteiger partial charge in [0.05, 0.1) is 30.8 Å². The van der Waals surface area contributed by atoms with Crippen molar-refractivity contribution in [1.82, 2.24) is 15.0 Å². The number of pyridine rings is 1. The smallest absolute Gasteiger partial charge is 0.318 e. The Kier molecular flexibility index (Phi) is 4.93. The number of phenols is 1. The van der Waals surface area contributed by atoms with Gasteiger partial charge in [-0.05, 0) is 30.0 Å². The zero-order valence-electron chi connectivity index (χ0n) is 18.8. The third kappa shape index (κ3) is 3.41. The third-order valence-electron chi connectivity index (χ3n) is 6.64. The van der Waals surface area contributed by atoms with Gasteiger partial charge in [0.25, 0.3) is 0 Å². The minimum Gasteiger partial charge on any atom is -0.508 e. The summed E-state index contributed by atoms with van der Waals surface area (Å²) >= 11 is 0. The van der Waals surface area contributed by atoms with Crippen molar-refractivity contribution in [1.29, 1.82) is 0 Å². The van der Waals surface area contributed by atoms with Gasteiger partial charge in [-0.3, -0.25) is 4.98 Å². The lowest BCUT2D eigenvalue weighted by atomic mass is 9.95. The summed E-state index contributed by atoms with van der Waals surface area (Å²) in [4.78, 5) is 15.2. The highest BCUT2D eigenvalue weighted by Gasteiger charge is 2.35. The number of piperidine rings is 1. The molecule has 4 heterocycles. The van der Waals surface area contributed by atoms with Crippen LogP contribution in [0.25, 0.3) is 32.9 Å². The second-order valence-corrected chi connectivity index (χ2v) is 8.84. The molecule has 1 N–H and O–H groups in total. The molecule has 0 radical (unpaired) electrons. The molecular formula is C26H20F2N4O3. The van der Waals surface area contributed by atoms with Gasteiger partial charge in [0.2, 0.25) is 0 Å². The SMILES string of the molecule is C#Cc1c(F)ccc2cc(O)cc(-c3ncc4c(N5CC6COC(C6)C5)nc(OC)nc4c3F)c12. The lowest BCUT2D eigenvalue weighted by Crippen LogP contribution is -2.39. The number of methoxy groups -OCH3 is 1. The Labute approximate surface area is 199 Å². The van der Waals surface area contributed by atoms with Crippen LogP contribution in [0.15, 0.2) is 30.5 Å². The normalized spacial score (nSPS) is 19.3. The van der Waals surface area contributed by atoms with Crippen LogP contribution in [0.5, 0.6) is 11.8 Å². The number of rotatable bonds is 3. The Morgan fingerprint density at radius 1 is 1.23 bits per heavy atom. The molecule has 0 aliphatic carbocycles. The molecule has 9 heteroatoms. The lowest BCUT2D eigenvalue weighted by molar-refractivity contribution is 0.119. The highest BCUT2D eigenvalue weighted by molar-refractivity contribution is 6.03. The molecule has 0 spiro atoms. The number of nitrogens with zero attached hydrogens (tertiary/aromatic N) is 4. The molecule has 2 bridgehead atoms. The quantitative estimate of drug-likeness (QED) is 0.449. The fraction of sp³-hybridized carbons (Fsp3) is 0.269. The van der Waals surface area contributed by atoms with E-state index in [4.69, 9.17) is 15.9 Å². The Balaban J connectivity index is 1.59. The standard InChI is InChI=1S/C26H20F2N4O3/c1-3-17-20(27)5-4-14-7-15(33)8-18(21(14)17)23-22(28)24-19(9-29-23)25(31-26(30-24)34-2)32-10-13-6-16(11-32)35-12-13/h1,4-5,7-9,13,16,33H,6,10-12H2,2H3. The second-order valence-electron chi connectivity index (χ2n) is 8.84. The molecule has 2 atom stereocenters.